The van der Waals surface area contributed by atoms with Crippen molar-refractivity contribution in [3.05, 3.63) is 35.7 Å². The van der Waals surface area contributed by atoms with Crippen LogP contribution >= 0.6 is 12.4 Å². The van der Waals surface area contributed by atoms with E-state index in [1.54, 1.807) is 4.90 Å². The molecule has 0 saturated carbocycles. The maximum absolute atomic E-state index is 7.52. The summed E-state index contributed by atoms with van der Waals surface area (Å²) in [6, 6.07) is 8.33. The summed E-state index contributed by atoms with van der Waals surface area (Å²) in [5, 5.41) is 11.6. The standard InChI is InChI=1S/C18H25N5O.ClH/c1-2-3-4-5-6-13-7-9-14(10-8-13)16-21-17(24-22-16)15-11-12-23(15)18(19)20;/h7-10,15H,2-6,11-12H2,1H3,(H3,19,20);1H/t15-;/m0./s1. The average molecular weight is 364 g/mol. The van der Waals surface area contributed by atoms with Crippen LogP contribution in [0.4, 0.5) is 0 Å². The highest BCUT2D eigenvalue weighted by Crippen LogP contribution is 2.32. The maximum Gasteiger partial charge on any atom is 0.249 e. The zero-order chi connectivity index (χ0) is 16.9. The fraction of sp³-hybridized carbons (Fsp3) is 0.500. The molecule has 0 unspecified atom stereocenters. The maximum atomic E-state index is 7.52. The van der Waals surface area contributed by atoms with Crippen LogP contribution in [-0.4, -0.2) is 27.5 Å². The van der Waals surface area contributed by atoms with Crippen molar-refractivity contribution in [3.63, 3.8) is 0 Å². The number of likely N-dealkylation sites (tertiary alicyclic amines) is 1. The van der Waals surface area contributed by atoms with E-state index in [4.69, 9.17) is 15.7 Å². The lowest BCUT2D eigenvalue weighted by molar-refractivity contribution is 0.141. The predicted octanol–water partition coefficient (Wildman–Crippen LogP) is 3.92. The number of hydrogen-bond donors (Lipinski definition) is 2. The van der Waals surface area contributed by atoms with E-state index in [0.29, 0.717) is 11.7 Å². The quantitative estimate of drug-likeness (QED) is 0.442. The Bertz CT molecular complexity index is 685. The zero-order valence-corrected chi connectivity index (χ0v) is 15.4. The number of nitrogens with zero attached hydrogens (tertiary/aromatic N) is 3. The van der Waals surface area contributed by atoms with E-state index in [1.165, 1.54) is 31.2 Å². The van der Waals surface area contributed by atoms with Crippen LogP contribution in [0.3, 0.4) is 0 Å². The van der Waals surface area contributed by atoms with Crippen molar-refractivity contribution < 1.29 is 4.52 Å². The van der Waals surface area contributed by atoms with Crippen LogP contribution in [0.5, 0.6) is 0 Å². The lowest BCUT2D eigenvalue weighted by Gasteiger charge is -2.38. The second-order valence-electron chi connectivity index (χ2n) is 6.35. The number of aromatic nitrogens is 2. The van der Waals surface area contributed by atoms with Gasteiger partial charge in [0.2, 0.25) is 11.7 Å². The SMILES string of the molecule is CCCCCCc1ccc(-c2noc([C@@H]3CCN3C(=N)N)n2)cc1.Cl. The molecule has 7 heteroatoms. The van der Waals surface area contributed by atoms with Gasteiger partial charge in [0, 0.05) is 12.1 Å². The summed E-state index contributed by atoms with van der Waals surface area (Å²) < 4.78 is 5.37. The predicted molar refractivity (Wildman–Crippen MR) is 101 cm³/mol. The third kappa shape index (κ3) is 4.51. The van der Waals surface area contributed by atoms with Gasteiger partial charge in [-0.25, -0.2) is 0 Å². The van der Waals surface area contributed by atoms with Gasteiger partial charge in [0.1, 0.15) is 6.04 Å². The van der Waals surface area contributed by atoms with Gasteiger partial charge in [-0.2, -0.15) is 4.98 Å². The fourth-order valence-corrected chi connectivity index (χ4v) is 3.00. The van der Waals surface area contributed by atoms with E-state index in [0.717, 1.165) is 24.9 Å². The number of benzene rings is 1. The Kier molecular flexibility index (Phi) is 6.82. The highest BCUT2D eigenvalue weighted by Gasteiger charge is 2.35. The van der Waals surface area contributed by atoms with Crippen LogP contribution in [0.2, 0.25) is 0 Å². The summed E-state index contributed by atoms with van der Waals surface area (Å²) in [5.74, 6) is 1.19. The minimum atomic E-state index is -0.0541. The summed E-state index contributed by atoms with van der Waals surface area (Å²) in [6.07, 6.45) is 7.11. The minimum absolute atomic E-state index is 0. The third-order valence-corrected chi connectivity index (χ3v) is 4.59. The lowest BCUT2D eigenvalue weighted by atomic mass is 10.0. The Balaban J connectivity index is 0.00000225. The first-order valence-electron chi connectivity index (χ1n) is 8.72. The van der Waals surface area contributed by atoms with Gasteiger partial charge in [0.05, 0.1) is 0 Å². The van der Waals surface area contributed by atoms with Gasteiger partial charge in [0.15, 0.2) is 5.96 Å². The molecule has 25 heavy (non-hydrogen) atoms. The van der Waals surface area contributed by atoms with Crippen molar-refractivity contribution in [2.75, 3.05) is 6.54 Å². The number of rotatable bonds is 7. The van der Waals surface area contributed by atoms with E-state index in [1.807, 2.05) is 12.1 Å². The van der Waals surface area contributed by atoms with Crippen LogP contribution < -0.4 is 5.73 Å². The zero-order valence-electron chi connectivity index (χ0n) is 14.6. The van der Waals surface area contributed by atoms with Gasteiger partial charge in [-0.05, 0) is 24.8 Å². The highest BCUT2D eigenvalue weighted by atomic mass is 35.5. The molecule has 3 rings (SSSR count). The number of aryl methyl sites for hydroxylation is 1. The van der Waals surface area contributed by atoms with Gasteiger partial charge in [-0.1, -0.05) is 55.6 Å². The van der Waals surface area contributed by atoms with Crippen molar-refractivity contribution in [3.8, 4) is 11.4 Å². The molecule has 1 saturated heterocycles. The van der Waals surface area contributed by atoms with E-state index in [2.05, 4.69) is 29.2 Å². The molecule has 2 heterocycles. The van der Waals surface area contributed by atoms with Crippen LogP contribution in [-0.2, 0) is 6.42 Å². The number of halogens is 1. The molecular formula is C18H26ClN5O. The summed E-state index contributed by atoms with van der Waals surface area (Å²) in [7, 11) is 0. The molecule has 6 nitrogen and oxygen atoms in total. The summed E-state index contributed by atoms with van der Waals surface area (Å²) in [5.41, 5.74) is 7.84. The number of nitrogens with two attached hydrogens (primary N) is 1. The Hall–Kier alpha value is -2.08. The average Bonchev–Trinajstić information content (AvgIpc) is 3.00. The molecule has 3 N–H and O–H groups in total. The summed E-state index contributed by atoms with van der Waals surface area (Å²) >= 11 is 0. The van der Waals surface area contributed by atoms with Crippen molar-refractivity contribution in [1.82, 2.24) is 15.0 Å². The smallest absolute Gasteiger partial charge is 0.249 e. The molecule has 1 atom stereocenters. The van der Waals surface area contributed by atoms with Crippen molar-refractivity contribution in [2.45, 2.75) is 51.5 Å². The molecule has 1 aromatic heterocycles. The van der Waals surface area contributed by atoms with Gasteiger partial charge >= 0.3 is 0 Å². The first-order valence-corrected chi connectivity index (χ1v) is 8.72. The van der Waals surface area contributed by atoms with E-state index in [9.17, 15) is 0 Å². The Morgan fingerprint density at radius 3 is 2.64 bits per heavy atom. The first-order chi connectivity index (χ1) is 11.7. The molecule has 0 radical (unpaired) electrons. The summed E-state index contributed by atoms with van der Waals surface area (Å²) in [6.45, 7) is 3.00. The molecule has 1 aromatic carbocycles. The Morgan fingerprint density at radius 1 is 1.28 bits per heavy atom. The molecule has 0 aliphatic carbocycles. The fourth-order valence-electron chi connectivity index (χ4n) is 3.00. The Labute approximate surface area is 154 Å². The highest BCUT2D eigenvalue weighted by molar-refractivity contribution is 5.85. The normalized spacial score (nSPS) is 16.2. The largest absolute Gasteiger partial charge is 0.370 e. The monoisotopic (exact) mass is 363 g/mol. The molecule has 136 valence electrons. The van der Waals surface area contributed by atoms with Crippen molar-refractivity contribution >= 4 is 18.4 Å². The van der Waals surface area contributed by atoms with E-state index < -0.39 is 0 Å². The lowest BCUT2D eigenvalue weighted by Crippen LogP contribution is -2.48. The third-order valence-electron chi connectivity index (χ3n) is 4.59. The van der Waals surface area contributed by atoms with Gasteiger partial charge in [0.25, 0.3) is 0 Å². The molecular weight excluding hydrogens is 338 g/mol. The van der Waals surface area contributed by atoms with E-state index in [-0.39, 0.29) is 24.4 Å². The number of nitrogens with one attached hydrogen (secondary N) is 1. The molecule has 0 spiro atoms. The molecule has 1 aliphatic rings. The van der Waals surface area contributed by atoms with Gasteiger partial charge in [-0.3, -0.25) is 5.41 Å². The topological polar surface area (TPSA) is 92.0 Å². The number of hydrogen-bond acceptors (Lipinski definition) is 4. The van der Waals surface area contributed by atoms with Gasteiger partial charge < -0.3 is 15.2 Å². The molecule has 2 aromatic rings. The molecule has 1 aliphatic heterocycles. The second kappa shape index (κ2) is 8.85. The molecule has 0 bridgehead atoms. The van der Waals surface area contributed by atoms with Crippen LogP contribution in [0.1, 0.15) is 56.5 Å². The number of guanidine groups is 1. The van der Waals surface area contributed by atoms with Crippen molar-refractivity contribution in [1.29, 1.82) is 5.41 Å². The van der Waals surface area contributed by atoms with Crippen LogP contribution in [0, 0.1) is 5.41 Å². The van der Waals surface area contributed by atoms with Crippen LogP contribution in [0.15, 0.2) is 28.8 Å². The Morgan fingerprint density at radius 2 is 2.04 bits per heavy atom. The molecule has 1 fully saturated rings. The minimum Gasteiger partial charge on any atom is -0.370 e. The van der Waals surface area contributed by atoms with Gasteiger partial charge in [-0.15, -0.1) is 12.4 Å². The van der Waals surface area contributed by atoms with Crippen LogP contribution in [0.25, 0.3) is 11.4 Å². The second-order valence-corrected chi connectivity index (χ2v) is 6.35. The first kappa shape index (κ1) is 19.2. The number of unbranched alkanes of at least 4 members (excludes halogenated alkanes) is 3. The van der Waals surface area contributed by atoms with Crippen molar-refractivity contribution in [2.24, 2.45) is 5.73 Å². The van der Waals surface area contributed by atoms with E-state index >= 15 is 0 Å². The molecule has 0 amide bonds. The summed E-state index contributed by atoms with van der Waals surface area (Å²) in [4.78, 5) is 6.24.